The number of aromatic nitrogens is 1. The van der Waals surface area contributed by atoms with Gasteiger partial charge < -0.3 is 9.30 Å². The van der Waals surface area contributed by atoms with Gasteiger partial charge in [0.25, 0.3) is 5.91 Å². The molecule has 2 aliphatic rings. The van der Waals surface area contributed by atoms with Crippen LogP contribution >= 0.6 is 47.2 Å². The Hall–Kier alpha value is -1.83. The molecular formula is C24H20Cl2N2O2S2. The van der Waals surface area contributed by atoms with Crippen LogP contribution in [0.4, 0.5) is 0 Å². The predicted molar refractivity (Wildman–Crippen MR) is 136 cm³/mol. The first-order valence-corrected chi connectivity index (χ1v) is 12.4. The molecule has 1 atom stereocenters. The first-order chi connectivity index (χ1) is 15.5. The van der Waals surface area contributed by atoms with Crippen molar-refractivity contribution in [3.63, 3.8) is 0 Å². The number of halogens is 2. The van der Waals surface area contributed by atoms with Crippen LogP contribution in [-0.2, 0) is 16.1 Å². The van der Waals surface area contributed by atoms with E-state index in [-0.39, 0.29) is 12.0 Å². The van der Waals surface area contributed by atoms with Crippen LogP contribution < -0.4 is 0 Å². The molecule has 1 amide bonds. The first-order valence-electron chi connectivity index (χ1n) is 10.4. The van der Waals surface area contributed by atoms with E-state index < -0.39 is 0 Å². The van der Waals surface area contributed by atoms with E-state index in [1.54, 1.807) is 11.0 Å². The number of ether oxygens (including phenoxy) is 1. The number of carbonyl (C=O) groups excluding carboxylic acids is 1. The van der Waals surface area contributed by atoms with Crippen LogP contribution in [0.1, 0.15) is 24.0 Å². The van der Waals surface area contributed by atoms with E-state index in [1.807, 2.05) is 30.3 Å². The monoisotopic (exact) mass is 502 g/mol. The summed E-state index contributed by atoms with van der Waals surface area (Å²) in [6.07, 6.45) is 6.07. The summed E-state index contributed by atoms with van der Waals surface area (Å²) in [4.78, 5) is 15.4. The molecule has 4 nitrogen and oxygen atoms in total. The van der Waals surface area contributed by atoms with E-state index in [4.69, 9.17) is 40.2 Å². The van der Waals surface area contributed by atoms with Gasteiger partial charge in [0.05, 0.1) is 17.6 Å². The number of hydrogen-bond donors (Lipinski definition) is 0. The van der Waals surface area contributed by atoms with Crippen LogP contribution in [0.3, 0.4) is 0 Å². The number of nitrogens with zero attached hydrogens (tertiary/aromatic N) is 2. The van der Waals surface area contributed by atoms with Gasteiger partial charge in [-0.15, -0.1) is 0 Å². The molecular weight excluding hydrogens is 483 g/mol. The van der Waals surface area contributed by atoms with Gasteiger partial charge in [-0.2, -0.15) is 0 Å². The molecule has 0 aliphatic carbocycles. The molecule has 8 heteroatoms. The van der Waals surface area contributed by atoms with Crippen LogP contribution in [-0.4, -0.2) is 39.0 Å². The number of thioether (sulfide) groups is 1. The van der Waals surface area contributed by atoms with Crippen molar-refractivity contribution in [3.05, 3.63) is 74.7 Å². The van der Waals surface area contributed by atoms with Crippen molar-refractivity contribution < 1.29 is 9.53 Å². The Labute approximate surface area is 206 Å². The summed E-state index contributed by atoms with van der Waals surface area (Å²) in [5.74, 6) is -0.0481. The third-order valence-electron chi connectivity index (χ3n) is 5.75. The number of amides is 1. The van der Waals surface area contributed by atoms with E-state index in [2.05, 4.69) is 22.9 Å². The molecule has 32 heavy (non-hydrogen) atoms. The number of rotatable bonds is 5. The van der Waals surface area contributed by atoms with E-state index in [9.17, 15) is 4.79 Å². The zero-order valence-electron chi connectivity index (χ0n) is 17.1. The molecule has 1 aromatic heterocycles. The molecule has 2 fully saturated rings. The van der Waals surface area contributed by atoms with E-state index in [0.717, 1.165) is 41.5 Å². The fraction of sp³-hybridized carbons (Fsp3) is 0.250. The maximum absolute atomic E-state index is 13.1. The summed E-state index contributed by atoms with van der Waals surface area (Å²) in [5.41, 5.74) is 3.02. The first kappa shape index (κ1) is 22.0. The maximum atomic E-state index is 13.1. The summed E-state index contributed by atoms with van der Waals surface area (Å²) < 4.78 is 8.43. The zero-order valence-corrected chi connectivity index (χ0v) is 20.2. The third kappa shape index (κ3) is 4.35. The summed E-state index contributed by atoms with van der Waals surface area (Å²) in [6.45, 7) is 1.88. The van der Waals surface area contributed by atoms with Gasteiger partial charge >= 0.3 is 0 Å². The van der Waals surface area contributed by atoms with E-state index in [1.165, 1.54) is 11.8 Å². The Bertz CT molecular complexity index is 1250. The van der Waals surface area contributed by atoms with Gasteiger partial charge in [0.1, 0.15) is 4.32 Å². The van der Waals surface area contributed by atoms with Gasteiger partial charge in [0.15, 0.2) is 0 Å². The largest absolute Gasteiger partial charge is 0.376 e. The topological polar surface area (TPSA) is 34.5 Å². The molecule has 5 rings (SSSR count). The zero-order chi connectivity index (χ0) is 22.2. The number of thiocarbonyl (C=S) groups is 1. The number of hydrogen-bond acceptors (Lipinski definition) is 4. The highest BCUT2D eigenvalue weighted by atomic mass is 35.5. The Morgan fingerprint density at radius 2 is 2.06 bits per heavy atom. The molecule has 0 N–H and O–H groups in total. The van der Waals surface area contributed by atoms with Crippen molar-refractivity contribution >= 4 is 74.4 Å². The van der Waals surface area contributed by atoms with Gasteiger partial charge in [-0.25, -0.2) is 0 Å². The molecule has 0 bridgehead atoms. The lowest BCUT2D eigenvalue weighted by molar-refractivity contribution is -0.123. The van der Waals surface area contributed by atoms with Gasteiger partial charge in [-0.1, -0.05) is 71.4 Å². The highest BCUT2D eigenvalue weighted by Crippen LogP contribution is 2.35. The standard InChI is InChI=1S/C24H20Cl2N2O2S2/c25-17-8-7-15(20(26)11-17)12-27-13-16(19-5-1-2-6-21(19)27)10-22-23(29)28(24(31)32-22)14-18-4-3-9-30-18/h1-2,5-8,10-11,13,18H,3-4,9,12,14H2/b22-10-/t18-/m0/s1. The second-order valence-corrected chi connectivity index (χ2v) is 10.4. The molecule has 0 spiro atoms. The fourth-order valence-corrected chi connectivity index (χ4v) is 5.88. The smallest absolute Gasteiger partial charge is 0.266 e. The highest BCUT2D eigenvalue weighted by Gasteiger charge is 2.34. The number of benzene rings is 2. The second kappa shape index (κ2) is 9.20. The predicted octanol–water partition coefficient (Wildman–Crippen LogP) is 6.38. The van der Waals surface area contributed by atoms with Crippen LogP contribution in [0.5, 0.6) is 0 Å². The Balaban J connectivity index is 1.46. The number of para-hydroxylation sites is 1. The van der Waals surface area contributed by atoms with E-state index in [0.29, 0.717) is 32.4 Å². The molecule has 0 radical (unpaired) electrons. The molecule has 0 saturated carbocycles. The van der Waals surface area contributed by atoms with Crippen molar-refractivity contribution in [2.75, 3.05) is 13.2 Å². The average Bonchev–Trinajstić information content (AvgIpc) is 3.47. The molecule has 2 aliphatic heterocycles. The molecule has 0 unspecified atom stereocenters. The third-order valence-corrected chi connectivity index (χ3v) is 7.71. The van der Waals surface area contributed by atoms with Gasteiger partial charge in [0, 0.05) is 45.9 Å². The van der Waals surface area contributed by atoms with Crippen molar-refractivity contribution in [3.8, 4) is 0 Å². The van der Waals surface area contributed by atoms with Gasteiger partial charge in [0.2, 0.25) is 0 Å². The van der Waals surface area contributed by atoms with Crippen LogP contribution in [0, 0.1) is 0 Å². The maximum Gasteiger partial charge on any atom is 0.266 e. The summed E-state index contributed by atoms with van der Waals surface area (Å²) in [5, 5.41) is 2.32. The van der Waals surface area contributed by atoms with Gasteiger partial charge in [-0.3, -0.25) is 9.69 Å². The molecule has 2 saturated heterocycles. The van der Waals surface area contributed by atoms with Crippen LogP contribution in [0.25, 0.3) is 17.0 Å². The van der Waals surface area contributed by atoms with Crippen molar-refractivity contribution in [2.24, 2.45) is 0 Å². The lowest BCUT2D eigenvalue weighted by Crippen LogP contribution is -2.35. The minimum absolute atomic E-state index is 0.0481. The van der Waals surface area contributed by atoms with Crippen molar-refractivity contribution in [1.82, 2.24) is 9.47 Å². The lowest BCUT2D eigenvalue weighted by atomic mass is 10.1. The number of fused-ring (bicyclic) bond motifs is 1. The summed E-state index contributed by atoms with van der Waals surface area (Å²) >= 11 is 19.3. The Morgan fingerprint density at radius 1 is 1.22 bits per heavy atom. The average molecular weight is 503 g/mol. The summed E-state index contributed by atoms with van der Waals surface area (Å²) in [6, 6.07) is 13.7. The SMILES string of the molecule is O=C1/C(=C/c2cn(Cc3ccc(Cl)cc3Cl)c3ccccc23)SC(=S)N1C[C@@H]1CCCO1. The Kier molecular flexibility index (Phi) is 6.32. The molecule has 2 aromatic carbocycles. The van der Waals surface area contributed by atoms with Crippen molar-refractivity contribution in [2.45, 2.75) is 25.5 Å². The quantitative estimate of drug-likeness (QED) is 0.299. The minimum Gasteiger partial charge on any atom is -0.376 e. The van der Waals surface area contributed by atoms with E-state index >= 15 is 0 Å². The minimum atomic E-state index is -0.0481. The van der Waals surface area contributed by atoms with Gasteiger partial charge in [-0.05, 0) is 42.7 Å². The van der Waals surface area contributed by atoms with Crippen molar-refractivity contribution in [1.29, 1.82) is 0 Å². The molecule has 3 heterocycles. The van der Waals surface area contributed by atoms with Crippen LogP contribution in [0.15, 0.2) is 53.6 Å². The molecule has 164 valence electrons. The normalized spacial score (nSPS) is 20.2. The Morgan fingerprint density at radius 3 is 2.84 bits per heavy atom. The fourth-order valence-electron chi connectivity index (χ4n) is 4.15. The summed E-state index contributed by atoms with van der Waals surface area (Å²) in [7, 11) is 0. The highest BCUT2D eigenvalue weighted by molar-refractivity contribution is 8.26. The second-order valence-electron chi connectivity index (χ2n) is 7.89. The number of carbonyl (C=O) groups is 1. The lowest BCUT2D eigenvalue weighted by Gasteiger charge is -2.18. The molecule has 3 aromatic rings. The van der Waals surface area contributed by atoms with Crippen LogP contribution in [0.2, 0.25) is 10.0 Å².